The molecule has 0 spiro atoms. The van der Waals surface area contributed by atoms with Crippen molar-refractivity contribution < 1.29 is 14.1 Å². The molecule has 0 rings (SSSR count). The molecular weight excluding hydrogens is 287 g/mol. The Kier molecular flexibility index (Phi) is 8.07. The van der Waals surface area contributed by atoms with Crippen LogP contribution in [0.4, 0.5) is 0 Å². The van der Waals surface area contributed by atoms with Crippen molar-refractivity contribution in [2.75, 3.05) is 13.7 Å². The Morgan fingerprint density at radius 3 is 2.53 bits per heavy atom. The second-order valence-electron chi connectivity index (χ2n) is 4.25. The van der Waals surface area contributed by atoms with Crippen LogP contribution in [0.25, 0.3) is 0 Å². The minimum atomic E-state index is -3.42. The lowest BCUT2D eigenvalue weighted by Crippen LogP contribution is -2.44. The number of carbonyl (C=O) groups excluding carboxylic acids is 1. The summed E-state index contributed by atoms with van der Waals surface area (Å²) in [7, 11) is 1.29. The summed E-state index contributed by atoms with van der Waals surface area (Å²) < 4.78 is 18.6. The van der Waals surface area contributed by atoms with E-state index in [1.54, 1.807) is 19.1 Å². The van der Waals surface area contributed by atoms with Crippen molar-refractivity contribution in [1.82, 2.24) is 9.76 Å². The minimum absolute atomic E-state index is 0.105. The highest BCUT2D eigenvalue weighted by molar-refractivity contribution is 7.85. The van der Waals surface area contributed by atoms with E-state index in [0.29, 0.717) is 0 Å². The van der Waals surface area contributed by atoms with E-state index in [0.717, 1.165) is 0 Å². The Morgan fingerprint density at radius 2 is 2.16 bits per heavy atom. The molecule has 0 saturated carbocycles. The molecule has 0 radical (unpaired) electrons. The highest BCUT2D eigenvalue weighted by Gasteiger charge is 2.39. The maximum atomic E-state index is 12.5. The Morgan fingerprint density at radius 1 is 1.58 bits per heavy atom. The first-order valence-electron chi connectivity index (χ1n) is 5.96. The molecule has 0 aliphatic carbocycles. The van der Waals surface area contributed by atoms with E-state index in [1.165, 1.54) is 18.0 Å². The average Bonchev–Trinajstić information content (AvgIpc) is 2.35. The number of halogens is 1. The maximum absolute atomic E-state index is 12.5. The molecule has 0 aromatic carbocycles. The zero-order chi connectivity index (χ0) is 15.1. The van der Waals surface area contributed by atoms with Crippen LogP contribution in [0.2, 0.25) is 0 Å². The topological polar surface area (TPSA) is 58.6 Å². The smallest absolute Gasteiger partial charge is 0.326 e. The third kappa shape index (κ3) is 5.39. The van der Waals surface area contributed by atoms with Crippen LogP contribution in [0.1, 0.15) is 20.8 Å². The molecule has 1 N–H and O–H groups in total. The molecule has 0 saturated heterocycles. The molecule has 110 valence electrons. The average molecular weight is 309 g/mol. The predicted molar refractivity (Wildman–Crippen MR) is 79.0 cm³/mol. The van der Waals surface area contributed by atoms with Gasteiger partial charge in [0.2, 0.25) is 0 Å². The predicted octanol–water partition coefficient (Wildman–Crippen LogP) is 3.14. The largest absolute Gasteiger partial charge is 0.468 e. The molecule has 2 atom stereocenters. The van der Waals surface area contributed by atoms with Crippen LogP contribution in [0, 0.1) is 5.92 Å². The summed E-state index contributed by atoms with van der Waals surface area (Å²) in [5.74, 6) is -0.577. The highest BCUT2D eigenvalue weighted by atomic mass is 35.7. The van der Waals surface area contributed by atoms with Gasteiger partial charge < -0.3 is 9.82 Å². The summed E-state index contributed by atoms with van der Waals surface area (Å²) in [6, 6.07) is -0.705. The van der Waals surface area contributed by atoms with Gasteiger partial charge in [-0.2, -0.15) is 0 Å². The zero-order valence-corrected chi connectivity index (χ0v) is 13.4. The molecule has 5 nitrogen and oxygen atoms in total. The van der Waals surface area contributed by atoms with Crippen LogP contribution >= 0.6 is 18.0 Å². The molecule has 0 aromatic heterocycles. The van der Waals surface area contributed by atoms with Gasteiger partial charge >= 0.3 is 12.8 Å². The summed E-state index contributed by atoms with van der Waals surface area (Å²) in [4.78, 5) is 11.9. The molecule has 0 aliphatic heterocycles. The molecule has 0 bridgehead atoms. The Hall–Kier alpha value is -0.770. The van der Waals surface area contributed by atoms with E-state index in [2.05, 4.69) is 11.7 Å². The monoisotopic (exact) mass is 308 g/mol. The highest BCUT2D eigenvalue weighted by Crippen LogP contribution is 2.52. The first-order chi connectivity index (χ1) is 8.81. The second kappa shape index (κ2) is 8.41. The van der Waals surface area contributed by atoms with E-state index in [4.69, 9.17) is 16.0 Å². The van der Waals surface area contributed by atoms with Crippen molar-refractivity contribution in [3.05, 3.63) is 24.9 Å². The third-order valence-corrected chi connectivity index (χ3v) is 4.86. The van der Waals surface area contributed by atoms with Crippen molar-refractivity contribution in [2.45, 2.75) is 26.8 Å². The van der Waals surface area contributed by atoms with Gasteiger partial charge in [-0.3, -0.25) is 9.36 Å². The fourth-order valence-corrected chi connectivity index (χ4v) is 3.73. The number of nitrogens with one attached hydrogen (secondary N) is 1. The van der Waals surface area contributed by atoms with Crippen molar-refractivity contribution in [3.8, 4) is 0 Å². The number of nitrogens with zero attached hydrogens (tertiary/aromatic N) is 1. The van der Waals surface area contributed by atoms with Crippen molar-refractivity contribution >= 4 is 24.0 Å². The molecule has 0 heterocycles. The van der Waals surface area contributed by atoms with Gasteiger partial charge in [0.1, 0.15) is 6.04 Å². The van der Waals surface area contributed by atoms with Crippen molar-refractivity contribution in [2.24, 2.45) is 5.92 Å². The van der Waals surface area contributed by atoms with Crippen molar-refractivity contribution in [1.29, 1.82) is 0 Å². The van der Waals surface area contributed by atoms with Gasteiger partial charge in [0, 0.05) is 12.7 Å². The minimum Gasteiger partial charge on any atom is -0.468 e. The molecule has 0 aliphatic rings. The summed E-state index contributed by atoms with van der Waals surface area (Å²) in [5.41, 5.74) is 0. The van der Waals surface area contributed by atoms with E-state index in [9.17, 15) is 9.36 Å². The van der Waals surface area contributed by atoms with Crippen LogP contribution in [-0.4, -0.2) is 30.3 Å². The van der Waals surface area contributed by atoms with Gasteiger partial charge in [-0.15, -0.1) is 6.58 Å². The number of esters is 1. The Balaban J connectivity index is 5.41. The fraction of sp³-hybridized carbons (Fsp3) is 0.583. The number of carbonyl (C=O) groups is 1. The van der Waals surface area contributed by atoms with Gasteiger partial charge in [-0.25, -0.2) is 4.67 Å². The summed E-state index contributed by atoms with van der Waals surface area (Å²) in [6.45, 7) is 5.84. The van der Waals surface area contributed by atoms with Gasteiger partial charge in [0.05, 0.1) is 7.11 Å². The third-order valence-electron chi connectivity index (χ3n) is 2.44. The number of rotatable bonds is 8. The summed E-state index contributed by atoms with van der Waals surface area (Å²) >= 11 is 6.06. The van der Waals surface area contributed by atoms with Gasteiger partial charge in [0.15, 0.2) is 0 Å². The number of hydrogen-bond acceptors (Lipinski definition) is 3. The molecule has 7 heteroatoms. The van der Waals surface area contributed by atoms with Crippen molar-refractivity contribution in [3.63, 3.8) is 0 Å². The zero-order valence-electron chi connectivity index (χ0n) is 11.8. The van der Waals surface area contributed by atoms with Gasteiger partial charge in [0.25, 0.3) is 0 Å². The van der Waals surface area contributed by atoms with Crippen LogP contribution in [-0.2, 0) is 14.1 Å². The first-order valence-corrected chi connectivity index (χ1v) is 8.52. The van der Waals surface area contributed by atoms with Crippen LogP contribution < -0.4 is 5.09 Å². The second-order valence-corrected chi connectivity index (χ2v) is 7.40. The normalized spacial score (nSPS) is 16.4. The number of methoxy groups -OCH3 is 1. The van der Waals surface area contributed by atoms with Crippen LogP contribution in [0.5, 0.6) is 0 Å². The quantitative estimate of drug-likeness (QED) is 0.424. The van der Waals surface area contributed by atoms with Gasteiger partial charge in [-0.05, 0) is 24.1 Å². The van der Waals surface area contributed by atoms with E-state index >= 15 is 0 Å². The number of hydrogen-bond donors (Lipinski definition) is 1. The molecule has 0 aromatic rings. The van der Waals surface area contributed by atoms with E-state index in [1.807, 2.05) is 13.8 Å². The number of allylic oxidation sites excluding steroid dienone is 1. The van der Waals surface area contributed by atoms with Gasteiger partial charge in [-0.1, -0.05) is 26.0 Å². The maximum Gasteiger partial charge on any atom is 0.326 e. The Bertz CT molecular complexity index is 385. The van der Waals surface area contributed by atoms with E-state index in [-0.39, 0.29) is 12.5 Å². The van der Waals surface area contributed by atoms with Crippen LogP contribution in [0.15, 0.2) is 24.9 Å². The molecular formula is C12H22ClN2O3P. The lowest BCUT2D eigenvalue weighted by molar-refractivity contribution is -0.146. The summed E-state index contributed by atoms with van der Waals surface area (Å²) in [6.07, 6.45) is 4.70. The first kappa shape index (κ1) is 18.2. The number of ether oxygens (including phenoxy) is 1. The summed E-state index contributed by atoms with van der Waals surface area (Å²) in [5, 5.41) is 2.62. The Labute approximate surface area is 119 Å². The lowest BCUT2D eigenvalue weighted by Gasteiger charge is -2.33. The molecule has 0 amide bonds. The lowest BCUT2D eigenvalue weighted by atomic mass is 10.0. The molecule has 0 fully saturated rings. The van der Waals surface area contributed by atoms with Crippen LogP contribution in [0.3, 0.4) is 0 Å². The standard InChI is InChI=1S/C12H22ClN2O3P/c1-6-8-14-19(13,17)15(9-7-2)11(10(3)4)12(16)18-5/h6-8,10-11H,2,9H2,1,3-5H3,(H,14,17)/t11-,19?/m0/s1. The van der Waals surface area contributed by atoms with E-state index < -0.39 is 18.8 Å². The molecule has 1 unspecified atom stereocenters. The fourth-order valence-electron chi connectivity index (χ4n) is 1.61. The SMILES string of the molecule is C=CCN([C@H](C(=O)OC)C(C)C)P(=O)(Cl)NC=CC. The molecule has 19 heavy (non-hydrogen) atoms.